The van der Waals surface area contributed by atoms with Gasteiger partial charge in [0.2, 0.25) is 5.91 Å². The fourth-order valence-corrected chi connectivity index (χ4v) is 3.60. The zero-order chi connectivity index (χ0) is 21.0. The molecule has 3 rings (SSSR count). The molecule has 1 aromatic heterocycles. The molecule has 1 heterocycles. The summed E-state index contributed by atoms with van der Waals surface area (Å²) in [5, 5.41) is 13.0. The quantitative estimate of drug-likeness (QED) is 0.565. The lowest BCUT2D eigenvalue weighted by Crippen LogP contribution is -3.05. The van der Waals surface area contributed by atoms with Crippen LogP contribution < -0.4 is 10.2 Å². The van der Waals surface area contributed by atoms with Crippen molar-refractivity contribution in [1.29, 1.82) is 0 Å². The summed E-state index contributed by atoms with van der Waals surface area (Å²) in [5.41, 5.74) is 2.85. The third-order valence-corrected chi connectivity index (χ3v) is 5.85. The summed E-state index contributed by atoms with van der Waals surface area (Å²) in [7, 11) is 4.15. The number of nitrogens with one attached hydrogen (secondary N) is 2. The summed E-state index contributed by atoms with van der Waals surface area (Å²) >= 11 is 7.41. The molecule has 152 valence electrons. The van der Waals surface area contributed by atoms with E-state index in [4.69, 9.17) is 11.6 Å². The van der Waals surface area contributed by atoms with E-state index in [9.17, 15) is 4.79 Å². The molecule has 2 aromatic carbocycles. The fraction of sp³-hybridized carbons (Fsp3) is 0.286. The second-order valence-corrected chi connectivity index (χ2v) is 8.53. The summed E-state index contributed by atoms with van der Waals surface area (Å²) in [6, 6.07) is 15.4. The van der Waals surface area contributed by atoms with Gasteiger partial charge in [0.1, 0.15) is 6.04 Å². The van der Waals surface area contributed by atoms with E-state index < -0.39 is 0 Å². The van der Waals surface area contributed by atoms with Crippen molar-refractivity contribution < 1.29 is 9.69 Å². The molecule has 0 aliphatic rings. The number of hydrogen-bond donors (Lipinski definition) is 2. The number of hydrogen-bond acceptors (Lipinski definition) is 4. The molecule has 1 amide bonds. The van der Waals surface area contributed by atoms with Crippen molar-refractivity contribution >= 4 is 35.0 Å². The van der Waals surface area contributed by atoms with E-state index in [1.54, 1.807) is 0 Å². The maximum Gasteiger partial charge on any atom is 0.234 e. The average molecular weight is 431 g/mol. The Morgan fingerprint density at radius 1 is 1.14 bits per heavy atom. The van der Waals surface area contributed by atoms with Crippen LogP contribution in [0.3, 0.4) is 0 Å². The molecule has 0 bridgehead atoms. The number of anilines is 1. The molecule has 0 aliphatic carbocycles. The number of thioether (sulfide) groups is 1. The van der Waals surface area contributed by atoms with Crippen molar-refractivity contribution in [3.8, 4) is 5.69 Å². The number of rotatable bonds is 7. The highest BCUT2D eigenvalue weighted by molar-refractivity contribution is 7.99. The standard InChI is InChI=1S/C21H24ClN5OS/c1-14-5-9-17(10-6-14)23-19(28)13-29-21-25-24-20(15(2)26(3)4)27(21)18-11-7-16(22)8-12-18/h5-12,15H,13H2,1-4H3,(H,23,28)/p+1/t15-/m0/s1. The Labute approximate surface area is 180 Å². The summed E-state index contributed by atoms with van der Waals surface area (Å²) in [6.45, 7) is 4.11. The van der Waals surface area contributed by atoms with Gasteiger partial charge in [-0.05, 0) is 50.2 Å². The summed E-state index contributed by atoms with van der Waals surface area (Å²) in [5.74, 6) is 0.995. The van der Waals surface area contributed by atoms with Crippen molar-refractivity contribution in [2.75, 3.05) is 25.2 Å². The minimum Gasteiger partial charge on any atom is -0.331 e. The maximum absolute atomic E-state index is 12.4. The van der Waals surface area contributed by atoms with Crippen LogP contribution in [-0.2, 0) is 4.79 Å². The lowest BCUT2D eigenvalue weighted by atomic mass is 10.2. The van der Waals surface area contributed by atoms with Crippen LogP contribution >= 0.6 is 23.4 Å². The molecule has 0 aliphatic heterocycles. The third kappa shape index (κ3) is 5.38. The van der Waals surface area contributed by atoms with Crippen molar-refractivity contribution in [2.24, 2.45) is 0 Å². The first kappa shape index (κ1) is 21.4. The highest BCUT2D eigenvalue weighted by Gasteiger charge is 2.23. The van der Waals surface area contributed by atoms with Gasteiger partial charge < -0.3 is 10.2 Å². The Morgan fingerprint density at radius 2 is 1.79 bits per heavy atom. The average Bonchev–Trinajstić information content (AvgIpc) is 3.12. The second-order valence-electron chi connectivity index (χ2n) is 7.15. The van der Waals surface area contributed by atoms with Crippen molar-refractivity contribution in [2.45, 2.75) is 25.0 Å². The normalized spacial score (nSPS) is 12.2. The molecule has 8 heteroatoms. The number of carbonyl (C=O) groups is 1. The van der Waals surface area contributed by atoms with Crippen molar-refractivity contribution in [3.63, 3.8) is 0 Å². The monoisotopic (exact) mass is 430 g/mol. The van der Waals surface area contributed by atoms with Gasteiger partial charge in [-0.3, -0.25) is 9.36 Å². The predicted molar refractivity (Wildman–Crippen MR) is 118 cm³/mol. The molecule has 0 saturated carbocycles. The number of nitrogens with zero attached hydrogens (tertiary/aromatic N) is 3. The molecule has 0 radical (unpaired) electrons. The lowest BCUT2D eigenvalue weighted by molar-refractivity contribution is -0.890. The van der Waals surface area contributed by atoms with E-state index in [0.29, 0.717) is 10.2 Å². The van der Waals surface area contributed by atoms with E-state index in [-0.39, 0.29) is 17.7 Å². The van der Waals surface area contributed by atoms with Crippen LogP contribution in [0.4, 0.5) is 5.69 Å². The molecule has 6 nitrogen and oxygen atoms in total. The second kappa shape index (κ2) is 9.43. The van der Waals surface area contributed by atoms with Crippen molar-refractivity contribution in [1.82, 2.24) is 14.8 Å². The smallest absolute Gasteiger partial charge is 0.234 e. The first-order valence-electron chi connectivity index (χ1n) is 9.35. The number of aryl methyl sites for hydroxylation is 1. The highest BCUT2D eigenvalue weighted by Crippen LogP contribution is 2.25. The summed E-state index contributed by atoms with van der Waals surface area (Å²) in [4.78, 5) is 13.6. The molecule has 0 unspecified atom stereocenters. The van der Waals surface area contributed by atoms with Crippen LogP contribution in [0.2, 0.25) is 5.02 Å². The molecular weight excluding hydrogens is 406 g/mol. The molecule has 1 atom stereocenters. The van der Waals surface area contributed by atoms with E-state index in [1.165, 1.54) is 16.7 Å². The molecule has 3 aromatic rings. The van der Waals surface area contributed by atoms with Gasteiger partial charge in [-0.1, -0.05) is 41.1 Å². The number of benzene rings is 2. The lowest BCUT2D eigenvalue weighted by Gasteiger charge is -2.18. The Kier molecular flexibility index (Phi) is 6.95. The molecule has 29 heavy (non-hydrogen) atoms. The molecule has 0 spiro atoms. The van der Waals surface area contributed by atoms with E-state index in [1.807, 2.05) is 60.0 Å². The number of halogens is 1. The Balaban J connectivity index is 1.80. The molecular formula is C21H25ClN5OS+. The first-order valence-corrected chi connectivity index (χ1v) is 10.7. The van der Waals surface area contributed by atoms with Crippen LogP contribution in [0, 0.1) is 6.92 Å². The van der Waals surface area contributed by atoms with Crippen molar-refractivity contribution in [3.05, 3.63) is 64.9 Å². The third-order valence-electron chi connectivity index (χ3n) is 4.66. The largest absolute Gasteiger partial charge is 0.331 e. The predicted octanol–water partition coefficient (Wildman–Crippen LogP) is 3.17. The minimum absolute atomic E-state index is 0.0858. The topological polar surface area (TPSA) is 64.2 Å². The van der Waals surface area contributed by atoms with Crippen LogP contribution in [0.15, 0.2) is 53.7 Å². The minimum atomic E-state index is -0.0858. The zero-order valence-electron chi connectivity index (χ0n) is 16.9. The van der Waals surface area contributed by atoms with Gasteiger partial charge in [0, 0.05) is 16.4 Å². The maximum atomic E-state index is 12.4. The van der Waals surface area contributed by atoms with Gasteiger partial charge in [0.05, 0.1) is 19.8 Å². The van der Waals surface area contributed by atoms with E-state index in [2.05, 4.69) is 36.5 Å². The Bertz CT molecular complexity index is 970. The van der Waals surface area contributed by atoms with Gasteiger partial charge in [-0.2, -0.15) is 0 Å². The first-order chi connectivity index (χ1) is 13.8. The van der Waals surface area contributed by atoms with Crippen LogP contribution in [0.5, 0.6) is 0 Å². The summed E-state index contributed by atoms with van der Waals surface area (Å²) < 4.78 is 2.00. The van der Waals surface area contributed by atoms with Crippen LogP contribution in [0.1, 0.15) is 24.4 Å². The van der Waals surface area contributed by atoms with Crippen LogP contribution in [-0.4, -0.2) is 40.5 Å². The van der Waals surface area contributed by atoms with E-state index in [0.717, 1.165) is 22.8 Å². The number of aromatic nitrogens is 3. The number of amides is 1. The van der Waals surface area contributed by atoms with Gasteiger partial charge in [-0.25, -0.2) is 0 Å². The Morgan fingerprint density at radius 3 is 2.41 bits per heavy atom. The van der Waals surface area contributed by atoms with Gasteiger partial charge in [-0.15, -0.1) is 10.2 Å². The van der Waals surface area contributed by atoms with Gasteiger partial charge in [0.15, 0.2) is 11.0 Å². The number of quaternary nitrogens is 1. The van der Waals surface area contributed by atoms with E-state index >= 15 is 0 Å². The van der Waals surface area contributed by atoms with Gasteiger partial charge in [0.25, 0.3) is 0 Å². The van der Waals surface area contributed by atoms with Gasteiger partial charge >= 0.3 is 0 Å². The fourth-order valence-electron chi connectivity index (χ4n) is 2.71. The zero-order valence-corrected chi connectivity index (χ0v) is 18.5. The molecule has 2 N–H and O–H groups in total. The molecule has 0 saturated heterocycles. The Hall–Kier alpha value is -2.35. The molecule has 0 fully saturated rings. The summed E-state index contributed by atoms with van der Waals surface area (Å²) in [6.07, 6.45) is 0. The highest BCUT2D eigenvalue weighted by atomic mass is 35.5. The number of carbonyl (C=O) groups excluding carboxylic acids is 1. The van der Waals surface area contributed by atoms with Crippen LogP contribution in [0.25, 0.3) is 5.69 Å². The SMILES string of the molecule is Cc1ccc(NC(=O)CSc2nnc([C@H](C)[NH+](C)C)n2-c2ccc(Cl)cc2)cc1.